The Bertz CT molecular complexity index is 2850. The Morgan fingerprint density at radius 3 is 1.37 bits per heavy atom. The Balaban J connectivity index is 0.943. The topological polar surface area (TPSA) is 587 Å². The van der Waals surface area contributed by atoms with E-state index in [2.05, 4.69) is 31.3 Å². The molecule has 2 aliphatic carbocycles. The minimum atomic E-state index is -1.79. The Morgan fingerprint density at radius 2 is 0.918 bits per heavy atom. The summed E-state index contributed by atoms with van der Waals surface area (Å²) in [7, 11) is 0. The van der Waals surface area contributed by atoms with E-state index in [1.165, 1.54) is 30.5 Å². The van der Waals surface area contributed by atoms with Crippen molar-refractivity contribution < 1.29 is 104 Å². The molecule has 2 aromatic heterocycles. The minimum Gasteiger partial charge on any atom is -0.389 e. The zero-order chi connectivity index (χ0) is 72.1. The molecule has 38 nitrogen and oxygen atoms in total. The number of nitrogens with two attached hydrogens (primary N) is 5. The van der Waals surface area contributed by atoms with Crippen LogP contribution in [0.5, 0.6) is 0 Å². The fraction of sp³-hybridized carbons (Fsp3) is 0.817. The SMILES string of the molecule is CCCCCC(=O)N(CCCn1cc(CCCC(=O)NCC2OC(OC3C(N)CC(N)C(O)C3O)C(O)C(O)C2O)nn1)CC(=O)N(CCC)CC(=O)N(CCC)CC(=O)N(CCCn1cc(CC(=O)NCC2OC(OC3C(N)CC(N)C(O)C3O)C(O)C(O)C2O)nn1)CC(N)=O. The molecule has 4 heterocycles. The number of carbonyl (C=O) groups is 7. The summed E-state index contributed by atoms with van der Waals surface area (Å²) < 4.78 is 25.7. The number of aliphatic hydroxyl groups excluding tert-OH is 10. The van der Waals surface area contributed by atoms with Gasteiger partial charge in [-0.1, -0.05) is 44.0 Å². The summed E-state index contributed by atoms with van der Waals surface area (Å²) in [5.41, 5.74) is 30.2. The second-order valence-corrected chi connectivity index (χ2v) is 25.8. The second-order valence-electron chi connectivity index (χ2n) is 25.8. The molecule has 556 valence electrons. The molecule has 7 amide bonds. The molecule has 20 unspecified atom stereocenters. The van der Waals surface area contributed by atoms with Gasteiger partial charge < -0.3 is 129 Å². The number of amides is 7. The molecule has 0 spiro atoms. The van der Waals surface area contributed by atoms with Crippen LogP contribution in [0.3, 0.4) is 0 Å². The van der Waals surface area contributed by atoms with Gasteiger partial charge in [0.25, 0.3) is 0 Å². The predicted molar refractivity (Wildman–Crippen MR) is 340 cm³/mol. The first-order chi connectivity index (χ1) is 46.5. The zero-order valence-electron chi connectivity index (χ0n) is 55.9. The summed E-state index contributed by atoms with van der Waals surface area (Å²) in [4.78, 5) is 99.3. The number of aryl methyl sites for hydroxylation is 3. The number of nitrogens with one attached hydrogen (secondary N) is 2. The smallest absolute Gasteiger partial charge is 0.242 e. The van der Waals surface area contributed by atoms with Gasteiger partial charge in [-0.25, -0.2) is 0 Å². The van der Waals surface area contributed by atoms with Gasteiger partial charge in [0.05, 0.1) is 56.2 Å². The molecule has 20 atom stereocenters. The molecule has 6 rings (SSSR count). The van der Waals surface area contributed by atoms with Crippen LogP contribution in [-0.2, 0) is 78.4 Å². The number of rotatable bonds is 38. The van der Waals surface area contributed by atoms with E-state index >= 15 is 0 Å². The summed E-state index contributed by atoms with van der Waals surface area (Å²) in [5.74, 6) is -3.69. The maximum absolute atomic E-state index is 14.1. The van der Waals surface area contributed by atoms with E-state index < -0.39 is 177 Å². The molecule has 22 N–H and O–H groups in total. The molecule has 0 aromatic carbocycles. The van der Waals surface area contributed by atoms with Crippen molar-refractivity contribution in [1.29, 1.82) is 0 Å². The number of carbonyl (C=O) groups excluding carboxylic acids is 7. The van der Waals surface area contributed by atoms with Crippen LogP contribution < -0.4 is 39.3 Å². The van der Waals surface area contributed by atoms with Crippen LogP contribution in [0.15, 0.2) is 12.4 Å². The summed E-state index contributed by atoms with van der Waals surface area (Å²) in [6, 6.07) is -3.38. The number of aliphatic hydroxyl groups is 10. The molecular weight excluding hydrogens is 1290 g/mol. The van der Waals surface area contributed by atoms with Gasteiger partial charge in [0.2, 0.25) is 41.4 Å². The Labute approximate surface area is 567 Å². The van der Waals surface area contributed by atoms with Crippen molar-refractivity contribution in [3.63, 3.8) is 0 Å². The first-order valence-corrected chi connectivity index (χ1v) is 33.7. The number of nitrogens with zero attached hydrogens (tertiary/aromatic N) is 10. The lowest BCUT2D eigenvalue weighted by Gasteiger charge is -2.45. The average molecular weight is 1400 g/mol. The van der Waals surface area contributed by atoms with Crippen LogP contribution >= 0.6 is 0 Å². The third-order valence-electron chi connectivity index (χ3n) is 17.8. The van der Waals surface area contributed by atoms with Crippen LogP contribution in [0.4, 0.5) is 0 Å². The van der Waals surface area contributed by atoms with E-state index in [0.717, 1.165) is 12.8 Å². The maximum Gasteiger partial charge on any atom is 0.242 e. The average Bonchev–Trinajstić information content (AvgIpc) is 1.07. The number of hydrogen-bond acceptors (Lipinski definition) is 29. The zero-order valence-corrected chi connectivity index (χ0v) is 55.9. The fourth-order valence-corrected chi connectivity index (χ4v) is 12.1. The molecule has 4 aliphatic rings. The quantitative estimate of drug-likeness (QED) is 0.0278. The van der Waals surface area contributed by atoms with Gasteiger partial charge in [-0.15, -0.1) is 10.2 Å². The van der Waals surface area contributed by atoms with Crippen molar-refractivity contribution in [3.8, 4) is 0 Å². The van der Waals surface area contributed by atoms with Gasteiger partial charge in [-0.3, -0.25) is 42.9 Å². The predicted octanol–water partition coefficient (Wildman–Crippen LogP) is -9.41. The maximum atomic E-state index is 14.1. The number of aromatic nitrogens is 6. The van der Waals surface area contributed by atoms with Crippen molar-refractivity contribution in [1.82, 2.24) is 60.2 Å². The molecular formula is C60H105N17O21. The number of unbranched alkanes of at least 4 members (excludes halogenated alkanes) is 2. The Kier molecular flexibility index (Phi) is 32.3. The van der Waals surface area contributed by atoms with Crippen molar-refractivity contribution in [2.24, 2.45) is 28.7 Å². The fourth-order valence-electron chi connectivity index (χ4n) is 12.1. The number of ether oxygens (including phenoxy) is 4. The van der Waals surface area contributed by atoms with Gasteiger partial charge in [0.15, 0.2) is 12.6 Å². The highest BCUT2D eigenvalue weighted by atomic mass is 16.7. The number of hydrogen-bond donors (Lipinski definition) is 17. The largest absolute Gasteiger partial charge is 0.389 e. The highest BCUT2D eigenvalue weighted by molar-refractivity contribution is 5.91. The van der Waals surface area contributed by atoms with Crippen LogP contribution in [0.2, 0.25) is 0 Å². The number of primary amides is 1. The third-order valence-corrected chi connectivity index (χ3v) is 17.8. The minimum absolute atomic E-state index is 0.00834. The molecule has 0 bridgehead atoms. The monoisotopic (exact) mass is 1400 g/mol. The van der Waals surface area contributed by atoms with Crippen molar-refractivity contribution >= 4 is 41.4 Å². The second kappa shape index (κ2) is 39.2. The highest BCUT2D eigenvalue weighted by Crippen LogP contribution is 2.30. The van der Waals surface area contributed by atoms with Crippen LogP contribution in [0, 0.1) is 0 Å². The first-order valence-electron chi connectivity index (χ1n) is 33.7. The molecule has 38 heteroatoms. The standard InChI is InChI=1S/C60H105N17O21/c1-4-7-8-14-43(81)75(18-11-19-76-26-32(68-70-76)12-9-13-41(79)66-24-38-49(87)51(89)55(93)59(95-38)97-57-36(63)22-34(61)47(85)53(57)91)31-45(83)72(15-5-2)29-44(82)73(16-6-3)30-46(84)74(28-40(65)78)17-10-20-77-27-33(69-71-77)21-42(80)67-25-39-50(88)52(90)56(94)60(96-39)98-58-37(64)23-35(62)48(86)54(58)92/h26-27,34-39,47-60,85-94H,4-25,28-31,61-64H2,1-3H3,(H2,65,78)(H,66,79)(H,67,80). The lowest BCUT2D eigenvalue weighted by molar-refractivity contribution is -0.318. The molecule has 2 saturated heterocycles. The van der Waals surface area contributed by atoms with Gasteiger partial charge in [0.1, 0.15) is 73.2 Å². The van der Waals surface area contributed by atoms with Crippen LogP contribution in [0.25, 0.3) is 0 Å². The summed E-state index contributed by atoms with van der Waals surface area (Å²) in [5, 5.41) is 127. The van der Waals surface area contributed by atoms with E-state index in [4.69, 9.17) is 47.6 Å². The van der Waals surface area contributed by atoms with E-state index in [0.29, 0.717) is 50.8 Å². The van der Waals surface area contributed by atoms with Gasteiger partial charge >= 0.3 is 0 Å². The van der Waals surface area contributed by atoms with Crippen molar-refractivity contribution in [3.05, 3.63) is 23.8 Å². The van der Waals surface area contributed by atoms with Crippen molar-refractivity contribution in [2.75, 3.05) is 65.4 Å². The van der Waals surface area contributed by atoms with E-state index in [1.54, 1.807) is 17.8 Å². The molecule has 2 aromatic rings. The normalized spacial score (nSPS) is 30.3. The van der Waals surface area contributed by atoms with Gasteiger partial charge in [-0.05, 0) is 57.8 Å². The Hall–Kier alpha value is -6.15. The van der Waals surface area contributed by atoms with Crippen LogP contribution in [0.1, 0.15) is 109 Å². The highest BCUT2D eigenvalue weighted by Gasteiger charge is 2.51. The molecule has 2 saturated carbocycles. The van der Waals surface area contributed by atoms with E-state index in [1.807, 2.05) is 13.8 Å². The Morgan fingerprint density at radius 1 is 0.490 bits per heavy atom. The molecule has 4 fully saturated rings. The van der Waals surface area contributed by atoms with Gasteiger partial charge in [-0.2, -0.15) is 0 Å². The van der Waals surface area contributed by atoms with E-state index in [9.17, 15) is 84.6 Å². The van der Waals surface area contributed by atoms with Gasteiger partial charge in [0, 0.05) is 102 Å². The molecule has 98 heavy (non-hydrogen) atoms. The first kappa shape index (κ1) is 80.8. The third kappa shape index (κ3) is 23.2. The summed E-state index contributed by atoms with van der Waals surface area (Å²) >= 11 is 0. The summed E-state index contributed by atoms with van der Waals surface area (Å²) in [6.45, 7) is 4.27. The summed E-state index contributed by atoms with van der Waals surface area (Å²) in [6.07, 6.45) is -16.7. The van der Waals surface area contributed by atoms with E-state index in [-0.39, 0.29) is 102 Å². The van der Waals surface area contributed by atoms with Crippen LogP contribution in [-0.4, -0.2) is 330 Å². The lowest BCUT2D eigenvalue weighted by atomic mass is 9.84. The van der Waals surface area contributed by atoms with Crippen molar-refractivity contribution in [2.45, 2.75) is 246 Å². The lowest BCUT2D eigenvalue weighted by Crippen LogP contribution is -2.66. The molecule has 0 radical (unpaired) electrons. The molecule has 2 aliphatic heterocycles.